The van der Waals surface area contributed by atoms with E-state index in [4.69, 9.17) is 34.8 Å². The number of nitrogens with zero attached hydrogens (tertiary/aromatic N) is 2. The first kappa shape index (κ1) is 32.4. The van der Waals surface area contributed by atoms with E-state index in [1.54, 1.807) is 55.5 Å². The fourth-order valence-electron chi connectivity index (χ4n) is 4.54. The zero-order valence-corrected chi connectivity index (χ0v) is 26.4. The highest BCUT2D eigenvalue weighted by Crippen LogP contribution is 2.27. The number of benzene rings is 4. The second-order valence-corrected chi connectivity index (χ2v) is 12.8. The van der Waals surface area contributed by atoms with Crippen molar-refractivity contribution in [2.75, 3.05) is 17.4 Å². The average molecular weight is 659 g/mol. The minimum absolute atomic E-state index is 0.0199. The zero-order valence-electron chi connectivity index (χ0n) is 23.3. The third kappa shape index (κ3) is 8.30. The first-order valence-electron chi connectivity index (χ1n) is 13.5. The molecule has 0 unspecified atom stereocenters. The van der Waals surface area contributed by atoms with Gasteiger partial charge in [-0.3, -0.25) is 13.9 Å². The highest BCUT2D eigenvalue weighted by atomic mass is 35.5. The van der Waals surface area contributed by atoms with Gasteiger partial charge in [0.15, 0.2) is 0 Å². The van der Waals surface area contributed by atoms with Crippen molar-refractivity contribution < 1.29 is 18.0 Å². The summed E-state index contributed by atoms with van der Waals surface area (Å²) < 4.78 is 28.9. The molecule has 2 amide bonds. The Kier molecular flexibility index (Phi) is 11.1. The molecule has 0 aromatic heterocycles. The monoisotopic (exact) mass is 657 g/mol. The van der Waals surface area contributed by atoms with Crippen molar-refractivity contribution in [3.8, 4) is 0 Å². The first-order valence-corrected chi connectivity index (χ1v) is 16.1. The summed E-state index contributed by atoms with van der Waals surface area (Å²) in [7, 11) is -4.21. The Bertz CT molecular complexity index is 1650. The Hall–Kier alpha value is -3.56. The van der Waals surface area contributed by atoms with E-state index in [1.807, 2.05) is 30.3 Å². The maximum atomic E-state index is 14.3. The van der Waals surface area contributed by atoms with Gasteiger partial charge in [-0.15, -0.1) is 0 Å². The molecule has 4 aromatic rings. The van der Waals surface area contributed by atoms with Gasteiger partial charge in [0.25, 0.3) is 10.0 Å². The maximum Gasteiger partial charge on any atom is 0.264 e. The maximum absolute atomic E-state index is 14.3. The molecule has 43 heavy (non-hydrogen) atoms. The Morgan fingerprint density at radius 1 is 0.791 bits per heavy atom. The SMILES string of the molecule is CCNC(=O)[C@H](Cc1ccccc1)N(Cc1ccc(Cl)c(Cl)c1)C(=O)CN(c1ccccc1)S(=O)(=O)c1ccc(Cl)cc1. The van der Waals surface area contributed by atoms with Crippen LogP contribution in [0.2, 0.25) is 15.1 Å². The number of rotatable bonds is 12. The Morgan fingerprint density at radius 2 is 1.42 bits per heavy atom. The molecule has 0 aliphatic heterocycles. The summed E-state index contributed by atoms with van der Waals surface area (Å²) in [5.74, 6) is -0.953. The molecule has 0 fully saturated rings. The van der Waals surface area contributed by atoms with Crippen molar-refractivity contribution in [1.29, 1.82) is 0 Å². The Morgan fingerprint density at radius 3 is 2.02 bits per heavy atom. The van der Waals surface area contributed by atoms with Crippen LogP contribution >= 0.6 is 34.8 Å². The highest BCUT2D eigenvalue weighted by molar-refractivity contribution is 7.92. The van der Waals surface area contributed by atoms with Gasteiger partial charge in [-0.2, -0.15) is 0 Å². The summed E-state index contributed by atoms with van der Waals surface area (Å²) >= 11 is 18.4. The largest absolute Gasteiger partial charge is 0.355 e. The number of sulfonamides is 1. The van der Waals surface area contributed by atoms with Gasteiger partial charge in [0.2, 0.25) is 11.8 Å². The lowest BCUT2D eigenvalue weighted by Crippen LogP contribution is -2.53. The van der Waals surface area contributed by atoms with Crippen LogP contribution in [0.25, 0.3) is 0 Å². The molecule has 11 heteroatoms. The standard InChI is InChI=1S/C32H30Cl3N3O4S/c1-2-36-32(40)30(20-23-9-5-3-6-10-23)37(21-24-13-18-28(34)29(35)19-24)31(39)22-38(26-11-7-4-8-12-26)43(41,42)27-16-14-25(33)15-17-27/h3-19,30H,2,20-22H2,1H3,(H,36,40)/t30-/m0/s1. The Balaban J connectivity index is 1.79. The van der Waals surface area contributed by atoms with E-state index >= 15 is 0 Å². The van der Waals surface area contributed by atoms with Gasteiger partial charge in [0, 0.05) is 24.5 Å². The van der Waals surface area contributed by atoms with Crippen LogP contribution in [0.3, 0.4) is 0 Å². The number of carbonyl (C=O) groups is 2. The van der Waals surface area contributed by atoms with E-state index in [-0.39, 0.29) is 29.5 Å². The van der Waals surface area contributed by atoms with Crippen LogP contribution in [0.1, 0.15) is 18.1 Å². The number of hydrogen-bond acceptors (Lipinski definition) is 4. The molecule has 0 saturated heterocycles. The minimum atomic E-state index is -4.21. The highest BCUT2D eigenvalue weighted by Gasteiger charge is 2.34. The minimum Gasteiger partial charge on any atom is -0.355 e. The van der Waals surface area contributed by atoms with Gasteiger partial charge in [-0.05, 0) is 66.6 Å². The van der Waals surface area contributed by atoms with Crippen LogP contribution in [-0.2, 0) is 32.6 Å². The van der Waals surface area contributed by atoms with Gasteiger partial charge in [0.1, 0.15) is 12.6 Å². The van der Waals surface area contributed by atoms with E-state index in [9.17, 15) is 18.0 Å². The second kappa shape index (κ2) is 14.8. The van der Waals surface area contributed by atoms with Crippen molar-refractivity contribution in [2.45, 2.75) is 30.8 Å². The number of hydrogen-bond donors (Lipinski definition) is 1. The lowest BCUT2D eigenvalue weighted by Gasteiger charge is -2.34. The predicted octanol–water partition coefficient (Wildman–Crippen LogP) is 6.62. The lowest BCUT2D eigenvalue weighted by atomic mass is 10.0. The van der Waals surface area contributed by atoms with Crippen LogP contribution in [0, 0.1) is 0 Å². The molecule has 0 aliphatic carbocycles. The second-order valence-electron chi connectivity index (χ2n) is 9.67. The molecule has 1 N–H and O–H groups in total. The summed E-state index contributed by atoms with van der Waals surface area (Å²) in [6.07, 6.45) is 0.203. The molecule has 0 spiro atoms. The summed E-state index contributed by atoms with van der Waals surface area (Å²) in [4.78, 5) is 29.2. The number of halogens is 3. The number of likely N-dealkylation sites (N-methyl/N-ethyl adjacent to an activating group) is 1. The normalized spacial score (nSPS) is 11.9. The predicted molar refractivity (Wildman–Crippen MR) is 172 cm³/mol. The molecule has 0 saturated carbocycles. The van der Waals surface area contributed by atoms with Gasteiger partial charge in [-0.25, -0.2) is 8.42 Å². The fourth-order valence-corrected chi connectivity index (χ4v) is 6.40. The summed E-state index contributed by atoms with van der Waals surface area (Å²) in [5, 5.41) is 3.84. The summed E-state index contributed by atoms with van der Waals surface area (Å²) in [5.41, 5.74) is 1.74. The molecule has 0 bridgehead atoms. The number of anilines is 1. The molecular weight excluding hydrogens is 629 g/mol. The van der Waals surface area contributed by atoms with E-state index in [1.165, 1.54) is 29.2 Å². The van der Waals surface area contributed by atoms with Crippen molar-refractivity contribution in [1.82, 2.24) is 10.2 Å². The third-order valence-electron chi connectivity index (χ3n) is 6.68. The van der Waals surface area contributed by atoms with E-state index in [0.29, 0.717) is 27.2 Å². The first-order chi connectivity index (χ1) is 20.6. The number of nitrogens with one attached hydrogen (secondary N) is 1. The molecule has 0 radical (unpaired) electrons. The van der Waals surface area contributed by atoms with Crippen LogP contribution in [0.5, 0.6) is 0 Å². The topological polar surface area (TPSA) is 86.8 Å². The fraction of sp³-hybridized carbons (Fsp3) is 0.188. The number of amides is 2. The third-order valence-corrected chi connectivity index (χ3v) is 9.46. The number of para-hydroxylation sites is 1. The summed E-state index contributed by atoms with van der Waals surface area (Å²) in [6, 6.07) is 27.4. The zero-order chi connectivity index (χ0) is 31.0. The van der Waals surface area contributed by atoms with Crippen LogP contribution in [-0.4, -0.2) is 44.3 Å². The van der Waals surface area contributed by atoms with E-state index in [0.717, 1.165) is 9.87 Å². The molecule has 0 heterocycles. The van der Waals surface area contributed by atoms with E-state index < -0.39 is 28.5 Å². The van der Waals surface area contributed by atoms with Gasteiger partial charge >= 0.3 is 0 Å². The van der Waals surface area contributed by atoms with E-state index in [2.05, 4.69) is 5.32 Å². The van der Waals surface area contributed by atoms with Crippen LogP contribution < -0.4 is 9.62 Å². The Labute approximate surface area is 267 Å². The quantitative estimate of drug-likeness (QED) is 0.185. The molecule has 7 nitrogen and oxygen atoms in total. The van der Waals surface area contributed by atoms with Gasteiger partial charge < -0.3 is 10.2 Å². The smallest absolute Gasteiger partial charge is 0.264 e. The van der Waals surface area contributed by atoms with Crippen LogP contribution in [0.4, 0.5) is 5.69 Å². The van der Waals surface area contributed by atoms with Crippen LogP contribution in [0.15, 0.2) is 108 Å². The molecule has 224 valence electrons. The molecule has 0 aliphatic rings. The lowest BCUT2D eigenvalue weighted by molar-refractivity contribution is -0.140. The van der Waals surface area contributed by atoms with Crippen molar-refractivity contribution >= 4 is 62.3 Å². The van der Waals surface area contributed by atoms with Gasteiger partial charge in [-0.1, -0.05) is 89.4 Å². The van der Waals surface area contributed by atoms with Crippen molar-refractivity contribution in [3.05, 3.63) is 129 Å². The summed E-state index contributed by atoms with van der Waals surface area (Å²) in [6.45, 7) is 1.55. The van der Waals surface area contributed by atoms with Crippen molar-refractivity contribution in [2.24, 2.45) is 0 Å². The average Bonchev–Trinajstić information content (AvgIpc) is 3.00. The molecule has 4 aromatic carbocycles. The van der Waals surface area contributed by atoms with Crippen molar-refractivity contribution in [3.63, 3.8) is 0 Å². The molecule has 4 rings (SSSR count). The molecular formula is C32H30Cl3N3O4S. The molecule has 1 atom stereocenters. The van der Waals surface area contributed by atoms with Gasteiger partial charge in [0.05, 0.1) is 20.6 Å². The number of carbonyl (C=O) groups excluding carboxylic acids is 2.